The van der Waals surface area contributed by atoms with Crippen molar-refractivity contribution in [2.75, 3.05) is 11.9 Å². The molecule has 2 heterocycles. The first-order valence-electron chi connectivity index (χ1n) is 8.49. The Morgan fingerprint density at radius 2 is 1.92 bits per heavy atom. The Balaban J connectivity index is 1.66. The Kier molecular flexibility index (Phi) is 4.46. The molecule has 0 unspecified atom stereocenters. The Hall–Kier alpha value is -2.67. The van der Waals surface area contributed by atoms with E-state index in [1.54, 1.807) is 0 Å². The average Bonchev–Trinajstić information content (AvgIpc) is 3.31. The SMILES string of the molecule is O=C(O[C@@H]1CCOC1=O)c1c(-c2ccccc2)csc1NC(=O)C1CC1. The predicted octanol–water partition coefficient (Wildman–Crippen LogP) is 3.24. The van der Waals surface area contributed by atoms with Gasteiger partial charge in [0.2, 0.25) is 12.0 Å². The molecule has 134 valence electrons. The van der Waals surface area contributed by atoms with Crippen LogP contribution in [0.15, 0.2) is 35.7 Å². The molecule has 1 amide bonds. The Labute approximate surface area is 154 Å². The molecule has 1 aromatic carbocycles. The van der Waals surface area contributed by atoms with Crippen LogP contribution < -0.4 is 5.32 Å². The highest BCUT2D eigenvalue weighted by Gasteiger charge is 2.34. The summed E-state index contributed by atoms with van der Waals surface area (Å²) >= 11 is 1.28. The number of cyclic esters (lactones) is 1. The van der Waals surface area contributed by atoms with Gasteiger partial charge in [-0.25, -0.2) is 9.59 Å². The lowest BCUT2D eigenvalue weighted by atomic mass is 10.0. The van der Waals surface area contributed by atoms with Gasteiger partial charge in [-0.05, 0) is 18.4 Å². The number of amides is 1. The maximum Gasteiger partial charge on any atom is 0.347 e. The summed E-state index contributed by atoms with van der Waals surface area (Å²) in [4.78, 5) is 36.6. The topological polar surface area (TPSA) is 81.7 Å². The average molecular weight is 371 g/mol. The van der Waals surface area contributed by atoms with E-state index in [1.807, 2.05) is 35.7 Å². The van der Waals surface area contributed by atoms with E-state index in [4.69, 9.17) is 9.47 Å². The van der Waals surface area contributed by atoms with E-state index in [2.05, 4.69) is 5.32 Å². The summed E-state index contributed by atoms with van der Waals surface area (Å²) in [7, 11) is 0. The number of hydrogen-bond donors (Lipinski definition) is 1. The highest BCUT2D eigenvalue weighted by Crippen LogP contribution is 2.38. The van der Waals surface area contributed by atoms with Gasteiger partial charge < -0.3 is 14.8 Å². The molecule has 2 aromatic rings. The molecule has 1 atom stereocenters. The van der Waals surface area contributed by atoms with Crippen LogP contribution in [0.1, 0.15) is 29.6 Å². The Bertz CT molecular complexity index is 856. The summed E-state index contributed by atoms with van der Waals surface area (Å²) in [5.41, 5.74) is 1.81. The zero-order chi connectivity index (χ0) is 18.1. The van der Waals surface area contributed by atoms with Gasteiger partial charge in [-0.3, -0.25) is 4.79 Å². The van der Waals surface area contributed by atoms with Crippen molar-refractivity contribution in [2.45, 2.75) is 25.4 Å². The van der Waals surface area contributed by atoms with Gasteiger partial charge in [-0.2, -0.15) is 0 Å². The summed E-state index contributed by atoms with van der Waals surface area (Å²) in [6.45, 7) is 0.247. The largest absolute Gasteiger partial charge is 0.463 e. The summed E-state index contributed by atoms with van der Waals surface area (Å²) in [5, 5.41) is 5.12. The number of thiophene rings is 1. The van der Waals surface area contributed by atoms with Crippen molar-refractivity contribution in [1.29, 1.82) is 0 Å². The summed E-state index contributed by atoms with van der Waals surface area (Å²) < 4.78 is 10.2. The molecule has 7 heteroatoms. The second-order valence-corrected chi connectivity index (χ2v) is 7.21. The fraction of sp³-hybridized carbons (Fsp3) is 0.316. The van der Waals surface area contributed by atoms with Gasteiger partial charge in [0.1, 0.15) is 10.6 Å². The lowest BCUT2D eigenvalue weighted by molar-refractivity contribution is -0.145. The molecule has 1 saturated carbocycles. The number of ether oxygens (including phenoxy) is 2. The highest BCUT2D eigenvalue weighted by atomic mass is 32.1. The molecule has 0 bridgehead atoms. The number of rotatable bonds is 5. The van der Waals surface area contributed by atoms with E-state index in [0.717, 1.165) is 18.4 Å². The van der Waals surface area contributed by atoms with Crippen LogP contribution in [0.25, 0.3) is 11.1 Å². The van der Waals surface area contributed by atoms with Crippen LogP contribution in [0.4, 0.5) is 5.00 Å². The Morgan fingerprint density at radius 1 is 1.15 bits per heavy atom. The van der Waals surface area contributed by atoms with Crippen molar-refractivity contribution < 1.29 is 23.9 Å². The van der Waals surface area contributed by atoms with Gasteiger partial charge in [0.05, 0.1) is 6.61 Å². The van der Waals surface area contributed by atoms with E-state index in [9.17, 15) is 14.4 Å². The van der Waals surface area contributed by atoms with E-state index >= 15 is 0 Å². The number of carbonyl (C=O) groups is 3. The van der Waals surface area contributed by atoms with Crippen molar-refractivity contribution >= 4 is 34.2 Å². The zero-order valence-electron chi connectivity index (χ0n) is 13.9. The molecular formula is C19H17NO5S. The maximum absolute atomic E-state index is 12.8. The Morgan fingerprint density at radius 3 is 2.58 bits per heavy atom. The molecule has 1 aliphatic carbocycles. The summed E-state index contributed by atoms with van der Waals surface area (Å²) in [5.74, 6) is -1.22. The standard InChI is InChI=1S/C19H17NO5S/c21-16(12-6-7-12)20-17-15(19(23)25-14-8-9-24-18(14)22)13(10-26-17)11-4-2-1-3-5-11/h1-5,10,12,14H,6-9H2,(H,20,21)/t14-/m1/s1. The first-order valence-corrected chi connectivity index (χ1v) is 9.37. The number of nitrogens with one attached hydrogen (secondary N) is 1. The molecule has 1 aromatic heterocycles. The van der Waals surface area contributed by atoms with Crippen LogP contribution in [0.2, 0.25) is 0 Å². The van der Waals surface area contributed by atoms with Gasteiger partial charge in [-0.1, -0.05) is 30.3 Å². The third kappa shape index (κ3) is 3.35. The quantitative estimate of drug-likeness (QED) is 0.816. The van der Waals surface area contributed by atoms with Crippen molar-refractivity contribution in [3.8, 4) is 11.1 Å². The molecule has 2 aliphatic rings. The fourth-order valence-electron chi connectivity index (χ4n) is 2.81. The van der Waals surface area contributed by atoms with Crippen molar-refractivity contribution in [3.63, 3.8) is 0 Å². The van der Waals surface area contributed by atoms with E-state index < -0.39 is 18.0 Å². The summed E-state index contributed by atoms with van der Waals surface area (Å²) in [6, 6.07) is 9.40. The van der Waals surface area contributed by atoms with Crippen LogP contribution in [-0.2, 0) is 19.1 Å². The van der Waals surface area contributed by atoms with E-state index in [0.29, 0.717) is 17.0 Å². The third-order valence-corrected chi connectivity index (χ3v) is 5.30. The number of anilines is 1. The number of carbonyl (C=O) groups excluding carboxylic acids is 3. The lowest BCUT2D eigenvalue weighted by Gasteiger charge is -2.11. The van der Waals surface area contributed by atoms with Gasteiger partial charge >= 0.3 is 11.9 Å². The molecule has 2 fully saturated rings. The normalized spacial score (nSPS) is 19.1. The second kappa shape index (κ2) is 6.92. The van der Waals surface area contributed by atoms with Crippen LogP contribution in [0.5, 0.6) is 0 Å². The smallest absolute Gasteiger partial charge is 0.347 e. The minimum atomic E-state index is -0.891. The van der Waals surface area contributed by atoms with E-state index in [1.165, 1.54) is 11.3 Å². The molecule has 1 saturated heterocycles. The minimum absolute atomic E-state index is 0.0194. The fourth-order valence-corrected chi connectivity index (χ4v) is 3.78. The number of hydrogen-bond acceptors (Lipinski definition) is 6. The molecule has 1 aliphatic heterocycles. The highest BCUT2D eigenvalue weighted by molar-refractivity contribution is 7.15. The molecule has 1 N–H and O–H groups in total. The number of benzene rings is 1. The molecule has 6 nitrogen and oxygen atoms in total. The molecule has 4 rings (SSSR count). The summed E-state index contributed by atoms with van der Waals surface area (Å²) in [6.07, 6.45) is 1.20. The van der Waals surface area contributed by atoms with Crippen molar-refractivity contribution in [3.05, 3.63) is 41.3 Å². The van der Waals surface area contributed by atoms with Crippen LogP contribution >= 0.6 is 11.3 Å². The van der Waals surface area contributed by atoms with Crippen LogP contribution in [-0.4, -0.2) is 30.6 Å². The van der Waals surface area contributed by atoms with Crippen LogP contribution in [0, 0.1) is 5.92 Å². The number of esters is 2. The van der Waals surface area contributed by atoms with Crippen LogP contribution in [0.3, 0.4) is 0 Å². The van der Waals surface area contributed by atoms with Gasteiger partial charge in [0.15, 0.2) is 0 Å². The van der Waals surface area contributed by atoms with Crippen molar-refractivity contribution in [2.24, 2.45) is 5.92 Å². The first kappa shape index (κ1) is 16.8. The molecule has 26 heavy (non-hydrogen) atoms. The maximum atomic E-state index is 12.8. The zero-order valence-corrected chi connectivity index (χ0v) is 14.7. The second-order valence-electron chi connectivity index (χ2n) is 6.33. The van der Waals surface area contributed by atoms with Gasteiger partial charge in [0, 0.05) is 23.3 Å². The minimum Gasteiger partial charge on any atom is -0.463 e. The first-order chi connectivity index (χ1) is 12.6. The van der Waals surface area contributed by atoms with Gasteiger partial charge in [-0.15, -0.1) is 11.3 Å². The third-order valence-electron chi connectivity index (χ3n) is 4.40. The predicted molar refractivity (Wildman–Crippen MR) is 95.9 cm³/mol. The molecule has 0 radical (unpaired) electrons. The lowest BCUT2D eigenvalue weighted by Crippen LogP contribution is -2.23. The van der Waals surface area contributed by atoms with E-state index in [-0.39, 0.29) is 24.0 Å². The van der Waals surface area contributed by atoms with Crippen molar-refractivity contribution in [1.82, 2.24) is 0 Å². The van der Waals surface area contributed by atoms with Gasteiger partial charge in [0.25, 0.3) is 0 Å². The molecular weight excluding hydrogens is 354 g/mol. The molecule has 0 spiro atoms. The monoisotopic (exact) mass is 371 g/mol.